The molecule has 6 rings (SSSR count). The van der Waals surface area contributed by atoms with Crippen LogP contribution in [0.2, 0.25) is 0 Å². The van der Waals surface area contributed by atoms with Crippen molar-refractivity contribution < 1.29 is 0 Å². The van der Waals surface area contributed by atoms with Crippen molar-refractivity contribution in [1.82, 2.24) is 4.98 Å². The Balaban J connectivity index is 1.43. The molecule has 0 aliphatic heterocycles. The lowest BCUT2D eigenvalue weighted by atomic mass is 9.96. The van der Waals surface area contributed by atoms with E-state index in [0.717, 1.165) is 22.5 Å². The van der Waals surface area contributed by atoms with E-state index in [9.17, 15) is 0 Å². The highest BCUT2D eigenvalue weighted by atomic mass is 14.7. The van der Waals surface area contributed by atoms with Crippen molar-refractivity contribution in [2.75, 3.05) is 0 Å². The third-order valence-corrected chi connectivity index (χ3v) is 6.75. The molecule has 0 saturated carbocycles. The third kappa shape index (κ3) is 4.44. The molecule has 0 atom stereocenters. The Labute approximate surface area is 212 Å². The van der Waals surface area contributed by atoms with Crippen LogP contribution in [-0.2, 0) is 0 Å². The summed E-state index contributed by atoms with van der Waals surface area (Å²) >= 11 is 0. The van der Waals surface area contributed by atoms with Gasteiger partial charge in [0.25, 0.3) is 0 Å². The molecule has 0 radical (unpaired) electrons. The monoisotopic (exact) mass is 461 g/mol. The van der Waals surface area contributed by atoms with Crippen molar-refractivity contribution in [1.29, 1.82) is 0 Å². The molecule has 0 spiro atoms. The molecule has 36 heavy (non-hydrogen) atoms. The topological polar surface area (TPSA) is 12.9 Å². The Morgan fingerprint density at radius 3 is 1.47 bits per heavy atom. The summed E-state index contributed by atoms with van der Waals surface area (Å²) in [5.74, 6) is 0. The van der Waals surface area contributed by atoms with Crippen LogP contribution in [-0.4, -0.2) is 4.98 Å². The maximum absolute atomic E-state index is 5.08. The van der Waals surface area contributed by atoms with Crippen molar-refractivity contribution in [2.24, 2.45) is 0 Å². The van der Waals surface area contributed by atoms with E-state index in [4.69, 9.17) is 4.98 Å². The SMILES string of the molecule is Cc1cccc(-c2cc(-c3ccc(-c4ccc5ccccc5c4)cc3)cc(-c3cccc(C)c3)n2)c1. The Hall–Kier alpha value is -4.49. The highest BCUT2D eigenvalue weighted by Crippen LogP contribution is 2.32. The molecule has 0 amide bonds. The molecule has 1 nitrogen and oxygen atoms in total. The van der Waals surface area contributed by atoms with E-state index in [0.29, 0.717) is 0 Å². The first kappa shape index (κ1) is 22.0. The van der Waals surface area contributed by atoms with Crippen LogP contribution < -0.4 is 0 Å². The Bertz CT molecular complexity index is 1630. The first-order valence-corrected chi connectivity index (χ1v) is 12.4. The van der Waals surface area contributed by atoms with E-state index in [1.54, 1.807) is 0 Å². The van der Waals surface area contributed by atoms with Crippen LogP contribution in [0.15, 0.2) is 127 Å². The molecular formula is C35H27N. The lowest BCUT2D eigenvalue weighted by molar-refractivity contribution is 1.31. The number of hydrogen-bond donors (Lipinski definition) is 0. The summed E-state index contributed by atoms with van der Waals surface area (Å²) in [6, 6.07) is 45.6. The number of aryl methyl sites for hydroxylation is 2. The summed E-state index contributed by atoms with van der Waals surface area (Å²) in [5, 5.41) is 2.53. The molecule has 0 saturated heterocycles. The van der Waals surface area contributed by atoms with Gasteiger partial charge in [-0.1, -0.05) is 108 Å². The second-order valence-electron chi connectivity index (χ2n) is 9.50. The van der Waals surface area contributed by atoms with Gasteiger partial charge in [-0.25, -0.2) is 4.98 Å². The number of pyridine rings is 1. The average Bonchev–Trinajstić information content (AvgIpc) is 2.93. The lowest BCUT2D eigenvalue weighted by Gasteiger charge is -2.12. The normalized spacial score (nSPS) is 11.1. The van der Waals surface area contributed by atoms with Gasteiger partial charge in [-0.15, -0.1) is 0 Å². The zero-order valence-corrected chi connectivity index (χ0v) is 20.6. The average molecular weight is 462 g/mol. The maximum Gasteiger partial charge on any atom is 0.0715 e. The summed E-state index contributed by atoms with van der Waals surface area (Å²) in [6.07, 6.45) is 0. The summed E-state index contributed by atoms with van der Waals surface area (Å²) in [5.41, 5.74) is 11.5. The summed E-state index contributed by atoms with van der Waals surface area (Å²) in [6.45, 7) is 4.25. The fourth-order valence-electron chi connectivity index (χ4n) is 4.83. The predicted octanol–water partition coefficient (Wildman–Crippen LogP) is 9.52. The third-order valence-electron chi connectivity index (χ3n) is 6.75. The van der Waals surface area contributed by atoms with Crippen molar-refractivity contribution in [3.8, 4) is 44.8 Å². The van der Waals surface area contributed by atoms with Crippen molar-refractivity contribution in [2.45, 2.75) is 13.8 Å². The Morgan fingerprint density at radius 2 is 0.889 bits per heavy atom. The van der Waals surface area contributed by atoms with Crippen LogP contribution in [0.5, 0.6) is 0 Å². The summed E-state index contributed by atoms with van der Waals surface area (Å²) < 4.78 is 0. The molecule has 1 heterocycles. The van der Waals surface area contributed by atoms with Gasteiger partial charge in [-0.05, 0) is 77.2 Å². The first-order chi connectivity index (χ1) is 17.6. The molecule has 0 aliphatic rings. The smallest absolute Gasteiger partial charge is 0.0715 e. The first-order valence-electron chi connectivity index (χ1n) is 12.4. The van der Waals surface area contributed by atoms with E-state index in [2.05, 4.69) is 141 Å². The molecule has 1 heteroatoms. The number of aromatic nitrogens is 1. The minimum atomic E-state index is 0.992. The van der Waals surface area contributed by atoms with Gasteiger partial charge in [0.1, 0.15) is 0 Å². The van der Waals surface area contributed by atoms with Crippen LogP contribution in [0.25, 0.3) is 55.5 Å². The van der Waals surface area contributed by atoms with E-state index in [1.807, 2.05) is 0 Å². The highest BCUT2D eigenvalue weighted by Gasteiger charge is 2.10. The van der Waals surface area contributed by atoms with E-state index >= 15 is 0 Å². The largest absolute Gasteiger partial charge is 0.248 e. The van der Waals surface area contributed by atoms with E-state index < -0.39 is 0 Å². The van der Waals surface area contributed by atoms with Gasteiger partial charge in [-0.2, -0.15) is 0 Å². The van der Waals surface area contributed by atoms with Gasteiger partial charge in [-0.3, -0.25) is 0 Å². The molecule has 1 aromatic heterocycles. The Kier molecular flexibility index (Phi) is 5.67. The maximum atomic E-state index is 5.08. The molecule has 6 aromatic rings. The standard InChI is InChI=1S/C35H27N/c1-24-7-5-11-31(19-24)34-22-33(23-35(36-34)32-12-6-8-25(2)20-32)28-15-13-27(14-16-28)30-18-17-26-9-3-4-10-29(26)21-30/h3-23H,1-2H3. The van der Waals surface area contributed by atoms with Crippen LogP contribution in [0.1, 0.15) is 11.1 Å². The summed E-state index contributed by atoms with van der Waals surface area (Å²) in [7, 11) is 0. The molecule has 5 aromatic carbocycles. The van der Waals surface area contributed by atoms with E-state index in [1.165, 1.54) is 44.2 Å². The fraction of sp³-hybridized carbons (Fsp3) is 0.0571. The van der Waals surface area contributed by atoms with Crippen molar-refractivity contribution in [3.05, 3.63) is 139 Å². The highest BCUT2D eigenvalue weighted by molar-refractivity contribution is 5.87. The lowest BCUT2D eigenvalue weighted by Crippen LogP contribution is -1.92. The second-order valence-corrected chi connectivity index (χ2v) is 9.50. The number of nitrogens with zero attached hydrogens (tertiary/aromatic N) is 1. The minimum Gasteiger partial charge on any atom is -0.248 e. The fourth-order valence-corrected chi connectivity index (χ4v) is 4.83. The van der Waals surface area contributed by atoms with Gasteiger partial charge in [0.15, 0.2) is 0 Å². The van der Waals surface area contributed by atoms with Gasteiger partial charge in [0, 0.05) is 11.1 Å². The van der Waals surface area contributed by atoms with Gasteiger partial charge in [0.2, 0.25) is 0 Å². The van der Waals surface area contributed by atoms with Gasteiger partial charge >= 0.3 is 0 Å². The predicted molar refractivity (Wildman–Crippen MR) is 153 cm³/mol. The Morgan fingerprint density at radius 1 is 0.361 bits per heavy atom. The van der Waals surface area contributed by atoms with Crippen molar-refractivity contribution in [3.63, 3.8) is 0 Å². The second kappa shape index (κ2) is 9.28. The molecule has 0 unspecified atom stereocenters. The zero-order valence-electron chi connectivity index (χ0n) is 20.6. The molecular weight excluding hydrogens is 434 g/mol. The number of fused-ring (bicyclic) bond motifs is 1. The number of hydrogen-bond acceptors (Lipinski definition) is 1. The number of benzene rings is 5. The van der Waals surface area contributed by atoms with Crippen LogP contribution in [0.4, 0.5) is 0 Å². The minimum absolute atomic E-state index is 0.992. The van der Waals surface area contributed by atoms with Gasteiger partial charge in [0.05, 0.1) is 11.4 Å². The van der Waals surface area contributed by atoms with Crippen LogP contribution in [0, 0.1) is 13.8 Å². The molecule has 172 valence electrons. The van der Waals surface area contributed by atoms with Crippen molar-refractivity contribution >= 4 is 10.8 Å². The van der Waals surface area contributed by atoms with E-state index in [-0.39, 0.29) is 0 Å². The quantitative estimate of drug-likeness (QED) is 0.255. The zero-order chi connectivity index (χ0) is 24.5. The molecule has 0 fully saturated rings. The molecule has 0 bridgehead atoms. The molecule has 0 N–H and O–H groups in total. The van der Waals surface area contributed by atoms with Crippen LogP contribution in [0.3, 0.4) is 0 Å². The summed E-state index contributed by atoms with van der Waals surface area (Å²) in [4.78, 5) is 5.08. The van der Waals surface area contributed by atoms with Gasteiger partial charge < -0.3 is 0 Å². The molecule has 0 aliphatic carbocycles. The van der Waals surface area contributed by atoms with Crippen LogP contribution >= 0.6 is 0 Å². The number of rotatable bonds is 4.